The second-order valence-electron chi connectivity index (χ2n) is 7.13. The van der Waals surface area contributed by atoms with Crippen molar-refractivity contribution < 1.29 is 4.79 Å². The molecule has 0 saturated heterocycles. The van der Waals surface area contributed by atoms with Crippen molar-refractivity contribution in [1.29, 1.82) is 5.26 Å². The van der Waals surface area contributed by atoms with E-state index in [-0.39, 0.29) is 5.57 Å². The molecular formula is C24H21Cl2N3O. The Labute approximate surface area is 186 Å². The van der Waals surface area contributed by atoms with Crippen molar-refractivity contribution in [3.63, 3.8) is 0 Å². The minimum absolute atomic E-state index is 0.00904. The summed E-state index contributed by atoms with van der Waals surface area (Å²) in [6.45, 7) is 7.77. The molecular weight excluding hydrogens is 417 g/mol. The lowest BCUT2D eigenvalue weighted by Crippen LogP contribution is -2.13. The summed E-state index contributed by atoms with van der Waals surface area (Å²) in [6, 6.07) is 14.9. The quantitative estimate of drug-likeness (QED) is 0.370. The van der Waals surface area contributed by atoms with Gasteiger partial charge in [0.2, 0.25) is 0 Å². The highest BCUT2D eigenvalue weighted by atomic mass is 35.5. The van der Waals surface area contributed by atoms with Crippen molar-refractivity contribution in [3.05, 3.63) is 86.2 Å². The van der Waals surface area contributed by atoms with Crippen molar-refractivity contribution in [2.45, 2.75) is 27.7 Å². The number of aromatic nitrogens is 1. The fraction of sp³-hybridized carbons (Fsp3) is 0.167. The first-order chi connectivity index (χ1) is 14.2. The number of aryl methyl sites for hydroxylation is 2. The molecule has 0 radical (unpaired) electrons. The molecule has 3 aromatic rings. The molecule has 0 saturated carbocycles. The summed E-state index contributed by atoms with van der Waals surface area (Å²) in [7, 11) is 0. The zero-order valence-corrected chi connectivity index (χ0v) is 18.7. The number of nitriles is 1. The number of carbonyl (C=O) groups is 1. The van der Waals surface area contributed by atoms with Crippen LogP contribution in [0.3, 0.4) is 0 Å². The molecule has 30 heavy (non-hydrogen) atoms. The lowest BCUT2D eigenvalue weighted by atomic mass is 10.1. The highest BCUT2D eigenvalue weighted by Crippen LogP contribution is 2.28. The highest BCUT2D eigenvalue weighted by molar-refractivity contribution is 6.32. The van der Waals surface area contributed by atoms with Crippen LogP contribution in [0.1, 0.15) is 28.1 Å². The van der Waals surface area contributed by atoms with Gasteiger partial charge in [0.25, 0.3) is 5.91 Å². The first-order valence-electron chi connectivity index (χ1n) is 9.36. The molecule has 0 spiro atoms. The van der Waals surface area contributed by atoms with E-state index < -0.39 is 5.91 Å². The molecule has 0 atom stereocenters. The van der Waals surface area contributed by atoms with E-state index in [0.717, 1.165) is 33.8 Å². The van der Waals surface area contributed by atoms with Crippen LogP contribution < -0.4 is 5.32 Å². The van der Waals surface area contributed by atoms with Gasteiger partial charge >= 0.3 is 0 Å². The fourth-order valence-corrected chi connectivity index (χ4v) is 3.67. The average Bonchev–Trinajstić information content (AvgIpc) is 2.98. The van der Waals surface area contributed by atoms with Gasteiger partial charge in [-0.05, 0) is 80.8 Å². The van der Waals surface area contributed by atoms with E-state index in [1.54, 1.807) is 18.2 Å². The number of hydrogen-bond donors (Lipinski definition) is 1. The largest absolute Gasteiger partial charge is 0.321 e. The Bertz CT molecular complexity index is 1220. The molecule has 0 bridgehead atoms. The Morgan fingerprint density at radius 1 is 1.07 bits per heavy atom. The minimum Gasteiger partial charge on any atom is -0.321 e. The SMILES string of the molecule is Cc1ccc(NC(=O)/C(C#N)=C/c2cc(C)n(-c3cccc(Cl)c3C)c2C)cc1Cl. The maximum atomic E-state index is 12.6. The number of amides is 1. The summed E-state index contributed by atoms with van der Waals surface area (Å²) in [6.07, 6.45) is 1.60. The van der Waals surface area contributed by atoms with Gasteiger partial charge in [-0.15, -0.1) is 0 Å². The summed E-state index contributed by atoms with van der Waals surface area (Å²) in [5, 5.41) is 13.5. The van der Waals surface area contributed by atoms with Gasteiger partial charge in [0, 0.05) is 32.8 Å². The van der Waals surface area contributed by atoms with E-state index in [9.17, 15) is 10.1 Å². The maximum absolute atomic E-state index is 12.6. The van der Waals surface area contributed by atoms with E-state index in [2.05, 4.69) is 9.88 Å². The summed E-state index contributed by atoms with van der Waals surface area (Å²) in [5.74, 6) is -0.485. The van der Waals surface area contributed by atoms with Crippen molar-refractivity contribution in [1.82, 2.24) is 4.57 Å². The van der Waals surface area contributed by atoms with Crippen LogP contribution in [-0.4, -0.2) is 10.5 Å². The van der Waals surface area contributed by atoms with E-state index in [4.69, 9.17) is 23.2 Å². The van der Waals surface area contributed by atoms with Crippen molar-refractivity contribution in [2.75, 3.05) is 5.32 Å². The highest BCUT2D eigenvalue weighted by Gasteiger charge is 2.15. The molecule has 1 aromatic heterocycles. The summed E-state index contributed by atoms with van der Waals surface area (Å²) in [4.78, 5) is 12.6. The molecule has 1 amide bonds. The van der Waals surface area contributed by atoms with Crippen LogP contribution in [0.4, 0.5) is 5.69 Å². The third-order valence-electron chi connectivity index (χ3n) is 5.04. The van der Waals surface area contributed by atoms with E-state index in [0.29, 0.717) is 15.7 Å². The molecule has 152 valence electrons. The second kappa shape index (κ2) is 8.79. The number of anilines is 1. The molecule has 0 aliphatic rings. The van der Waals surface area contributed by atoms with Crippen LogP contribution in [0.2, 0.25) is 10.0 Å². The molecule has 4 nitrogen and oxygen atoms in total. The van der Waals surface area contributed by atoms with Crippen LogP contribution in [-0.2, 0) is 4.79 Å². The number of hydrogen-bond acceptors (Lipinski definition) is 2. The molecule has 6 heteroatoms. The van der Waals surface area contributed by atoms with Gasteiger partial charge in [-0.3, -0.25) is 4.79 Å². The van der Waals surface area contributed by atoms with Crippen LogP contribution in [0.5, 0.6) is 0 Å². The number of nitrogens with one attached hydrogen (secondary N) is 1. The molecule has 2 aromatic carbocycles. The normalized spacial score (nSPS) is 11.3. The monoisotopic (exact) mass is 437 g/mol. The zero-order valence-electron chi connectivity index (χ0n) is 17.2. The van der Waals surface area contributed by atoms with E-state index >= 15 is 0 Å². The molecule has 0 unspecified atom stereocenters. The van der Waals surface area contributed by atoms with Crippen LogP contribution in [0.15, 0.2) is 48.0 Å². The molecule has 3 rings (SSSR count). The lowest BCUT2D eigenvalue weighted by Gasteiger charge is -2.13. The maximum Gasteiger partial charge on any atom is 0.266 e. The molecule has 0 fully saturated rings. The standard InChI is InChI=1S/C24H21Cl2N3O/c1-14-8-9-20(12-22(14)26)28-24(30)19(13-27)11-18-10-15(2)29(17(18)4)23-7-5-6-21(25)16(23)3/h5-12H,1-4H3,(H,28,30)/b19-11+. The number of carbonyl (C=O) groups excluding carboxylic acids is 1. The van der Waals surface area contributed by atoms with Crippen molar-refractivity contribution in [2.24, 2.45) is 0 Å². The zero-order chi connectivity index (χ0) is 22.0. The summed E-state index contributed by atoms with van der Waals surface area (Å²) >= 11 is 12.4. The van der Waals surface area contributed by atoms with Gasteiger partial charge in [-0.2, -0.15) is 5.26 Å². The molecule has 1 N–H and O–H groups in total. The minimum atomic E-state index is -0.485. The summed E-state index contributed by atoms with van der Waals surface area (Å²) < 4.78 is 2.07. The van der Waals surface area contributed by atoms with Crippen molar-refractivity contribution in [3.8, 4) is 11.8 Å². The lowest BCUT2D eigenvalue weighted by molar-refractivity contribution is -0.112. The van der Waals surface area contributed by atoms with Gasteiger partial charge < -0.3 is 9.88 Å². The predicted molar refractivity (Wildman–Crippen MR) is 123 cm³/mol. The number of rotatable bonds is 4. The number of halogens is 2. The fourth-order valence-electron chi connectivity index (χ4n) is 3.32. The second-order valence-corrected chi connectivity index (χ2v) is 7.95. The van der Waals surface area contributed by atoms with Gasteiger partial charge in [0.05, 0.1) is 0 Å². The third kappa shape index (κ3) is 4.28. The van der Waals surface area contributed by atoms with Crippen LogP contribution in [0.25, 0.3) is 11.8 Å². The van der Waals surface area contributed by atoms with Crippen LogP contribution in [0, 0.1) is 39.0 Å². The van der Waals surface area contributed by atoms with Gasteiger partial charge in [-0.1, -0.05) is 35.3 Å². The first-order valence-corrected chi connectivity index (χ1v) is 10.1. The third-order valence-corrected chi connectivity index (χ3v) is 5.86. The van der Waals surface area contributed by atoms with E-state index in [1.165, 1.54) is 0 Å². The van der Waals surface area contributed by atoms with E-state index in [1.807, 2.05) is 64.1 Å². The molecule has 0 aliphatic carbocycles. The number of benzene rings is 2. The first kappa shape index (κ1) is 21.7. The Balaban J connectivity index is 1.96. The Hall–Kier alpha value is -3.00. The Morgan fingerprint density at radius 2 is 1.80 bits per heavy atom. The van der Waals surface area contributed by atoms with Gasteiger partial charge in [-0.25, -0.2) is 0 Å². The predicted octanol–water partition coefficient (Wildman–Crippen LogP) is 6.56. The molecule has 0 aliphatic heterocycles. The smallest absolute Gasteiger partial charge is 0.266 e. The van der Waals surface area contributed by atoms with Gasteiger partial charge in [0.15, 0.2) is 0 Å². The summed E-state index contributed by atoms with van der Waals surface area (Å²) in [5.41, 5.74) is 6.07. The average molecular weight is 438 g/mol. The number of nitrogens with zero attached hydrogens (tertiary/aromatic N) is 2. The molecule has 1 heterocycles. The van der Waals surface area contributed by atoms with Gasteiger partial charge in [0.1, 0.15) is 11.6 Å². The Kier molecular flexibility index (Phi) is 6.36. The van der Waals surface area contributed by atoms with Crippen LogP contribution >= 0.6 is 23.2 Å². The van der Waals surface area contributed by atoms with Crippen molar-refractivity contribution >= 4 is 40.9 Å². The Morgan fingerprint density at radius 3 is 2.47 bits per heavy atom. The topological polar surface area (TPSA) is 57.8 Å².